The maximum atomic E-state index is 10.4. The lowest BCUT2D eigenvalue weighted by molar-refractivity contribution is -0.445. The van der Waals surface area contributed by atoms with Crippen molar-refractivity contribution in [1.82, 2.24) is 0 Å². The predicted molar refractivity (Wildman–Crippen MR) is 36.0 cm³/mol. The van der Waals surface area contributed by atoms with E-state index in [1.54, 1.807) is 0 Å². The van der Waals surface area contributed by atoms with E-state index >= 15 is 0 Å². The second kappa shape index (κ2) is 9.19. The molecule has 3 nitrogen and oxygen atoms in total. The third-order valence-corrected chi connectivity index (χ3v) is 0. The molecule has 0 rings (SSSR count). The average molecular weight is 175 g/mol. The summed E-state index contributed by atoms with van der Waals surface area (Å²) < 4.78 is 31.1. The molecule has 11 heavy (non-hydrogen) atoms. The van der Waals surface area contributed by atoms with E-state index in [0.29, 0.717) is 0 Å². The third-order valence-electron chi connectivity index (χ3n) is 0. The molecule has 0 aliphatic rings. The van der Waals surface area contributed by atoms with Crippen LogP contribution in [0.2, 0.25) is 0 Å². The first-order valence-electron chi connectivity index (χ1n) is 2.88. The Balaban J connectivity index is -0.0000000965. The van der Waals surface area contributed by atoms with Gasteiger partial charge in [0, 0.05) is 11.8 Å². The quantitative estimate of drug-likeness (QED) is 0.419. The largest absolute Gasteiger partial charge is 0.386 e. The predicted octanol–water partition coefficient (Wildman–Crippen LogP) is 2.49. The summed E-state index contributed by atoms with van der Waals surface area (Å²) in [5, 5.41) is 8.81. The number of alkyl halides is 3. The van der Waals surface area contributed by atoms with Crippen molar-refractivity contribution in [2.75, 3.05) is 7.05 Å². The Morgan fingerprint density at radius 2 is 1.27 bits per heavy atom. The normalized spacial score (nSPS) is 8.27. The molecule has 0 atom stereocenters. The summed E-state index contributed by atoms with van der Waals surface area (Å²) in [4.78, 5) is 8.31. The highest BCUT2D eigenvalue weighted by atomic mass is 19.4. The lowest BCUT2D eigenvalue weighted by Crippen LogP contribution is -1.95. The maximum Gasteiger partial charge on any atom is 0.386 e. The van der Waals surface area contributed by atoms with Crippen LogP contribution in [0, 0.1) is 10.1 Å². The van der Waals surface area contributed by atoms with Gasteiger partial charge in [0.2, 0.25) is 0 Å². The summed E-state index contributed by atoms with van der Waals surface area (Å²) in [6.45, 7) is 4.19. The van der Waals surface area contributed by atoms with Gasteiger partial charge in [-0.25, -0.2) is 0 Å². The van der Waals surface area contributed by atoms with Gasteiger partial charge in [-0.15, -0.1) is 0 Å². The second-order valence-corrected chi connectivity index (χ2v) is 1.22. The standard InChI is InChI=1S/C2H3F3.C2H6.CH3NO2/c1-2(3,4)5;1-2;1-2(3)4/h1H3;1-2H3;1H3. The number of hydrogen-bond donors (Lipinski definition) is 0. The van der Waals surface area contributed by atoms with Gasteiger partial charge in [0.25, 0.3) is 0 Å². The van der Waals surface area contributed by atoms with Crippen molar-refractivity contribution in [1.29, 1.82) is 0 Å². The first-order chi connectivity index (χ1) is 4.73. The van der Waals surface area contributed by atoms with Crippen molar-refractivity contribution in [3.63, 3.8) is 0 Å². The minimum atomic E-state index is -4.00. The molecule has 6 heteroatoms. The van der Waals surface area contributed by atoms with Gasteiger partial charge in [0.05, 0.1) is 0 Å². The highest BCUT2D eigenvalue weighted by Crippen LogP contribution is 2.10. The second-order valence-electron chi connectivity index (χ2n) is 1.22. The molecule has 0 bridgehead atoms. The van der Waals surface area contributed by atoms with Crippen molar-refractivity contribution < 1.29 is 18.1 Å². The van der Waals surface area contributed by atoms with Crippen LogP contribution in [0.1, 0.15) is 20.8 Å². The molecule has 0 aromatic rings. The topological polar surface area (TPSA) is 43.1 Å². The zero-order chi connectivity index (χ0) is 10.1. The zero-order valence-corrected chi connectivity index (χ0v) is 6.90. The molecule has 0 radical (unpaired) electrons. The molecule has 0 aromatic carbocycles. The van der Waals surface area contributed by atoms with Crippen LogP contribution in [0.25, 0.3) is 0 Å². The van der Waals surface area contributed by atoms with Crippen molar-refractivity contribution in [3.8, 4) is 0 Å². The highest BCUT2D eigenvalue weighted by molar-refractivity contribution is 4.26. The van der Waals surface area contributed by atoms with E-state index in [1.807, 2.05) is 13.8 Å². The Labute approximate surface area is 63.4 Å². The van der Waals surface area contributed by atoms with Gasteiger partial charge < -0.3 is 0 Å². The van der Waals surface area contributed by atoms with Crippen LogP contribution in [0.3, 0.4) is 0 Å². The third kappa shape index (κ3) is 724. The Bertz CT molecular complexity index is 82.2. The number of hydrogen-bond acceptors (Lipinski definition) is 2. The molecule has 0 heterocycles. The van der Waals surface area contributed by atoms with E-state index in [0.717, 1.165) is 7.05 Å². The fourth-order valence-electron chi connectivity index (χ4n) is 0. The van der Waals surface area contributed by atoms with E-state index in [1.165, 1.54) is 0 Å². The summed E-state index contributed by atoms with van der Waals surface area (Å²) in [5.41, 5.74) is 0. The molecule has 0 saturated heterocycles. The van der Waals surface area contributed by atoms with Crippen LogP contribution < -0.4 is 0 Å². The smallest absolute Gasteiger partial charge is 0.265 e. The van der Waals surface area contributed by atoms with E-state index in [2.05, 4.69) is 0 Å². The van der Waals surface area contributed by atoms with E-state index < -0.39 is 11.1 Å². The Hall–Kier alpha value is -0.810. The van der Waals surface area contributed by atoms with Gasteiger partial charge in [-0.3, -0.25) is 10.1 Å². The molecule has 0 spiro atoms. The Morgan fingerprint density at radius 1 is 1.27 bits per heavy atom. The van der Waals surface area contributed by atoms with Crippen LogP contribution in [0.4, 0.5) is 13.2 Å². The zero-order valence-electron chi connectivity index (χ0n) is 6.90. The van der Waals surface area contributed by atoms with Gasteiger partial charge in [-0.1, -0.05) is 13.8 Å². The fraction of sp³-hybridized carbons (Fsp3) is 1.00. The van der Waals surface area contributed by atoms with Crippen LogP contribution in [-0.2, 0) is 0 Å². The van der Waals surface area contributed by atoms with E-state index in [-0.39, 0.29) is 6.92 Å². The molecule has 0 N–H and O–H groups in total. The van der Waals surface area contributed by atoms with Crippen molar-refractivity contribution >= 4 is 0 Å². The average Bonchev–Trinajstić information content (AvgIpc) is 1.63. The van der Waals surface area contributed by atoms with E-state index in [4.69, 9.17) is 10.1 Å². The van der Waals surface area contributed by atoms with Crippen molar-refractivity contribution in [3.05, 3.63) is 10.1 Å². The molecule has 0 aromatic heterocycles. The number of nitrogens with zero attached hydrogens (tertiary/aromatic N) is 1. The number of rotatable bonds is 0. The molecular formula is C5H12F3NO2. The van der Waals surface area contributed by atoms with Gasteiger partial charge in [-0.2, -0.15) is 13.2 Å². The number of halogens is 3. The van der Waals surface area contributed by atoms with Crippen molar-refractivity contribution in [2.45, 2.75) is 26.9 Å². The molecule has 0 fully saturated rings. The summed E-state index contributed by atoms with van der Waals surface area (Å²) in [7, 11) is 0.889. The molecular weight excluding hydrogens is 163 g/mol. The first kappa shape index (κ1) is 16.6. The maximum absolute atomic E-state index is 10.4. The molecule has 0 aliphatic carbocycles. The lowest BCUT2D eigenvalue weighted by atomic mass is 10.8. The highest BCUT2D eigenvalue weighted by Gasteiger charge is 2.15. The monoisotopic (exact) mass is 175 g/mol. The minimum absolute atomic E-state index is 0.188. The summed E-state index contributed by atoms with van der Waals surface area (Å²) >= 11 is 0. The van der Waals surface area contributed by atoms with Gasteiger partial charge in [-0.05, 0) is 0 Å². The molecule has 0 aliphatic heterocycles. The van der Waals surface area contributed by atoms with Crippen LogP contribution in [0.5, 0.6) is 0 Å². The van der Waals surface area contributed by atoms with Crippen LogP contribution >= 0.6 is 0 Å². The molecule has 0 unspecified atom stereocenters. The molecule has 0 saturated carbocycles. The van der Waals surface area contributed by atoms with E-state index in [9.17, 15) is 13.2 Å². The summed E-state index contributed by atoms with van der Waals surface area (Å²) in [6.07, 6.45) is -4.00. The van der Waals surface area contributed by atoms with Gasteiger partial charge in [0.1, 0.15) is 0 Å². The summed E-state index contributed by atoms with van der Waals surface area (Å²) in [6, 6.07) is 0. The van der Waals surface area contributed by atoms with Crippen molar-refractivity contribution in [2.24, 2.45) is 0 Å². The lowest BCUT2D eigenvalue weighted by Gasteiger charge is -1.88. The minimum Gasteiger partial charge on any atom is -0.265 e. The van der Waals surface area contributed by atoms with Crippen LogP contribution in [-0.4, -0.2) is 18.1 Å². The Morgan fingerprint density at radius 3 is 1.27 bits per heavy atom. The molecule has 0 amide bonds. The SMILES string of the molecule is CC.CC(F)(F)F.C[N+](=O)[O-]. The first-order valence-corrected chi connectivity index (χ1v) is 2.88. The summed E-state index contributed by atoms with van der Waals surface area (Å²) in [5.74, 6) is 0. The number of nitro groups is 1. The Kier molecular flexibility index (Phi) is 13.9. The van der Waals surface area contributed by atoms with Crippen LogP contribution in [0.15, 0.2) is 0 Å². The van der Waals surface area contributed by atoms with Gasteiger partial charge in [0.15, 0.2) is 7.05 Å². The fourth-order valence-corrected chi connectivity index (χ4v) is 0. The molecule has 70 valence electrons. The van der Waals surface area contributed by atoms with Gasteiger partial charge >= 0.3 is 6.18 Å².